The lowest BCUT2D eigenvalue weighted by molar-refractivity contribution is -0.128. The number of benzene rings is 2. The maximum atomic E-state index is 12.7. The normalized spacial score (nSPS) is 17.0. The molecule has 0 aromatic heterocycles. The van der Waals surface area contributed by atoms with Crippen LogP contribution in [0.5, 0.6) is 5.75 Å². The van der Waals surface area contributed by atoms with E-state index in [9.17, 15) is 9.59 Å². The molecule has 0 bridgehead atoms. The number of ether oxygens (including phenoxy) is 1. The Labute approximate surface area is 190 Å². The second kappa shape index (κ2) is 10.1. The first kappa shape index (κ1) is 22.2. The van der Waals surface area contributed by atoms with Crippen LogP contribution in [0.1, 0.15) is 47.9 Å². The predicted octanol–water partition coefficient (Wildman–Crippen LogP) is 4.18. The molecule has 0 saturated carbocycles. The van der Waals surface area contributed by atoms with Crippen LogP contribution in [0.3, 0.4) is 0 Å². The average Bonchev–Trinajstić information content (AvgIpc) is 3.20. The maximum Gasteiger partial charge on any atom is 0.317 e. The molecule has 6 nitrogen and oxygen atoms in total. The number of hydrogen-bond donors (Lipinski definition) is 1. The van der Waals surface area contributed by atoms with Gasteiger partial charge in [0.05, 0.1) is 0 Å². The highest BCUT2D eigenvalue weighted by molar-refractivity contribution is 5.78. The van der Waals surface area contributed by atoms with Gasteiger partial charge in [0.25, 0.3) is 0 Å². The minimum Gasteiger partial charge on any atom is -0.490 e. The minimum atomic E-state index is -0.0318. The highest BCUT2D eigenvalue weighted by atomic mass is 16.5. The molecule has 0 aliphatic carbocycles. The number of likely N-dealkylation sites (tertiary alicyclic amines) is 2. The number of amides is 3. The number of hydrogen-bond acceptors (Lipinski definition) is 3. The van der Waals surface area contributed by atoms with E-state index in [1.807, 2.05) is 34.1 Å². The van der Waals surface area contributed by atoms with Gasteiger partial charge >= 0.3 is 6.03 Å². The van der Waals surface area contributed by atoms with Gasteiger partial charge in [-0.2, -0.15) is 0 Å². The number of nitrogens with zero attached hydrogens (tertiary/aromatic N) is 2. The zero-order chi connectivity index (χ0) is 22.5. The lowest BCUT2D eigenvalue weighted by Crippen LogP contribution is -2.46. The third-order valence-electron chi connectivity index (χ3n) is 6.40. The van der Waals surface area contributed by atoms with Crippen molar-refractivity contribution >= 4 is 11.9 Å². The summed E-state index contributed by atoms with van der Waals surface area (Å²) in [5, 5.41) is 3.05. The van der Waals surface area contributed by atoms with E-state index >= 15 is 0 Å². The standard InChI is InChI=1S/C26H33N3O3/c1-19-6-3-7-20(2)25(19)32-23-11-14-28(15-12-23)26(31)27-17-21-8-4-9-22(16-21)18-29-13-5-10-24(29)30/h3-4,6-9,16,23H,5,10-15,17-18H2,1-2H3,(H,27,31). The van der Waals surface area contributed by atoms with Crippen LogP contribution in [0, 0.1) is 13.8 Å². The second-order valence-corrected chi connectivity index (χ2v) is 8.92. The molecule has 32 heavy (non-hydrogen) atoms. The second-order valence-electron chi connectivity index (χ2n) is 8.92. The van der Waals surface area contributed by atoms with Crippen molar-refractivity contribution in [3.63, 3.8) is 0 Å². The molecule has 6 heteroatoms. The van der Waals surface area contributed by atoms with E-state index in [0.29, 0.717) is 32.6 Å². The van der Waals surface area contributed by atoms with Crippen LogP contribution < -0.4 is 10.1 Å². The summed E-state index contributed by atoms with van der Waals surface area (Å²) in [4.78, 5) is 28.3. The Hall–Kier alpha value is -3.02. The Kier molecular flexibility index (Phi) is 6.98. The van der Waals surface area contributed by atoms with Crippen LogP contribution in [-0.4, -0.2) is 47.5 Å². The molecule has 4 rings (SSSR count). The topological polar surface area (TPSA) is 61.9 Å². The quantitative estimate of drug-likeness (QED) is 0.741. The number of para-hydroxylation sites is 1. The fourth-order valence-electron chi connectivity index (χ4n) is 4.55. The van der Waals surface area contributed by atoms with Crippen molar-refractivity contribution in [1.82, 2.24) is 15.1 Å². The summed E-state index contributed by atoms with van der Waals surface area (Å²) in [7, 11) is 0. The molecule has 2 fully saturated rings. The van der Waals surface area contributed by atoms with E-state index in [4.69, 9.17) is 4.74 Å². The van der Waals surface area contributed by atoms with E-state index in [0.717, 1.165) is 53.8 Å². The number of aryl methyl sites for hydroxylation is 2. The lowest BCUT2D eigenvalue weighted by atomic mass is 10.1. The number of carbonyl (C=O) groups excluding carboxylic acids is 2. The molecule has 2 saturated heterocycles. The molecular formula is C26H33N3O3. The Morgan fingerprint density at radius 3 is 2.41 bits per heavy atom. The monoisotopic (exact) mass is 435 g/mol. The Balaban J connectivity index is 1.24. The number of urea groups is 1. The van der Waals surface area contributed by atoms with Gasteiger partial charge in [0.1, 0.15) is 11.9 Å². The molecule has 2 aliphatic heterocycles. The minimum absolute atomic E-state index is 0.0318. The predicted molar refractivity (Wildman–Crippen MR) is 124 cm³/mol. The van der Waals surface area contributed by atoms with Gasteiger partial charge in [-0.05, 0) is 42.5 Å². The number of rotatable bonds is 6. The summed E-state index contributed by atoms with van der Waals surface area (Å²) < 4.78 is 6.26. The summed E-state index contributed by atoms with van der Waals surface area (Å²) in [5.74, 6) is 1.21. The van der Waals surface area contributed by atoms with E-state index in [-0.39, 0.29) is 18.0 Å². The number of carbonyl (C=O) groups is 2. The van der Waals surface area contributed by atoms with Crippen LogP contribution in [0.4, 0.5) is 4.79 Å². The largest absolute Gasteiger partial charge is 0.490 e. The molecule has 1 N–H and O–H groups in total. The van der Waals surface area contributed by atoms with Gasteiger partial charge in [-0.25, -0.2) is 4.79 Å². The molecule has 0 radical (unpaired) electrons. The Morgan fingerprint density at radius 2 is 1.72 bits per heavy atom. The molecule has 2 heterocycles. The van der Waals surface area contributed by atoms with Crippen molar-refractivity contribution in [2.24, 2.45) is 0 Å². The summed E-state index contributed by atoms with van der Waals surface area (Å²) in [6, 6.07) is 14.3. The third-order valence-corrected chi connectivity index (χ3v) is 6.40. The van der Waals surface area contributed by atoms with Crippen LogP contribution in [0.25, 0.3) is 0 Å². The zero-order valence-corrected chi connectivity index (χ0v) is 19.1. The summed E-state index contributed by atoms with van der Waals surface area (Å²) in [5.41, 5.74) is 4.47. The number of piperidine rings is 1. The van der Waals surface area contributed by atoms with Crippen molar-refractivity contribution in [1.29, 1.82) is 0 Å². The highest BCUT2D eigenvalue weighted by Crippen LogP contribution is 2.26. The molecule has 2 aromatic rings. The number of nitrogens with one attached hydrogen (secondary N) is 1. The smallest absolute Gasteiger partial charge is 0.317 e. The van der Waals surface area contributed by atoms with Gasteiger partial charge in [0, 0.05) is 52.0 Å². The molecule has 170 valence electrons. The summed E-state index contributed by atoms with van der Waals surface area (Å²) in [6.45, 7) is 7.50. The molecule has 3 amide bonds. The zero-order valence-electron chi connectivity index (χ0n) is 19.1. The molecule has 0 atom stereocenters. The SMILES string of the molecule is Cc1cccc(C)c1OC1CCN(C(=O)NCc2cccc(CN3CCCC3=O)c2)CC1. The fraction of sp³-hybridized carbons (Fsp3) is 0.462. The van der Waals surface area contributed by atoms with Crippen molar-refractivity contribution < 1.29 is 14.3 Å². The first-order valence-electron chi connectivity index (χ1n) is 11.6. The maximum absolute atomic E-state index is 12.7. The fourth-order valence-corrected chi connectivity index (χ4v) is 4.55. The Morgan fingerprint density at radius 1 is 1.03 bits per heavy atom. The first-order chi connectivity index (χ1) is 15.5. The average molecular weight is 436 g/mol. The van der Waals surface area contributed by atoms with Gasteiger partial charge in [-0.15, -0.1) is 0 Å². The van der Waals surface area contributed by atoms with Crippen molar-refractivity contribution in [2.75, 3.05) is 19.6 Å². The highest BCUT2D eigenvalue weighted by Gasteiger charge is 2.25. The van der Waals surface area contributed by atoms with Crippen molar-refractivity contribution in [3.05, 3.63) is 64.7 Å². The molecule has 0 unspecified atom stereocenters. The Bertz CT molecular complexity index is 946. The van der Waals surface area contributed by atoms with Gasteiger partial charge in [-0.3, -0.25) is 4.79 Å². The van der Waals surface area contributed by atoms with E-state index in [1.54, 1.807) is 0 Å². The third kappa shape index (κ3) is 5.42. The van der Waals surface area contributed by atoms with Gasteiger partial charge in [0.2, 0.25) is 5.91 Å². The van der Waals surface area contributed by atoms with Crippen molar-refractivity contribution in [2.45, 2.75) is 58.7 Å². The van der Waals surface area contributed by atoms with Crippen LogP contribution in [0.15, 0.2) is 42.5 Å². The van der Waals surface area contributed by atoms with Crippen molar-refractivity contribution in [3.8, 4) is 5.75 Å². The van der Waals surface area contributed by atoms with E-state index < -0.39 is 0 Å². The van der Waals surface area contributed by atoms with Gasteiger partial charge in [-0.1, -0.05) is 42.5 Å². The van der Waals surface area contributed by atoms with E-state index in [2.05, 4.69) is 37.4 Å². The molecule has 0 spiro atoms. The van der Waals surface area contributed by atoms with Gasteiger partial charge < -0.3 is 19.9 Å². The van der Waals surface area contributed by atoms with Crippen LogP contribution in [-0.2, 0) is 17.9 Å². The lowest BCUT2D eigenvalue weighted by Gasteiger charge is -2.32. The summed E-state index contributed by atoms with van der Waals surface area (Å²) in [6.07, 6.45) is 3.41. The molecule has 2 aliphatic rings. The van der Waals surface area contributed by atoms with Crippen LogP contribution >= 0.6 is 0 Å². The molecular weight excluding hydrogens is 402 g/mol. The van der Waals surface area contributed by atoms with E-state index in [1.165, 1.54) is 0 Å². The van der Waals surface area contributed by atoms with Crippen LogP contribution in [0.2, 0.25) is 0 Å². The molecule has 2 aromatic carbocycles. The first-order valence-corrected chi connectivity index (χ1v) is 11.6. The van der Waals surface area contributed by atoms with Gasteiger partial charge in [0.15, 0.2) is 0 Å². The summed E-state index contributed by atoms with van der Waals surface area (Å²) >= 11 is 0.